The fourth-order valence-electron chi connectivity index (χ4n) is 4.40. The second-order valence-corrected chi connectivity index (χ2v) is 10.6. The van der Waals surface area contributed by atoms with Gasteiger partial charge in [-0.2, -0.15) is 0 Å². The van der Waals surface area contributed by atoms with E-state index in [4.69, 9.17) is 4.42 Å². The molecule has 1 fully saturated rings. The molecule has 9 heteroatoms. The van der Waals surface area contributed by atoms with Crippen LogP contribution in [-0.2, 0) is 27.9 Å². The van der Waals surface area contributed by atoms with E-state index in [1.807, 2.05) is 30.3 Å². The molecule has 176 valence electrons. The molecule has 0 aliphatic heterocycles. The first kappa shape index (κ1) is 23.3. The quantitative estimate of drug-likeness (QED) is 0.550. The summed E-state index contributed by atoms with van der Waals surface area (Å²) in [6.07, 6.45) is 3.15. The second kappa shape index (κ2) is 9.52. The maximum atomic E-state index is 12.7. The molecule has 1 aromatic heterocycles. The Balaban J connectivity index is 1.49. The van der Waals surface area contributed by atoms with Crippen LogP contribution < -0.4 is 15.8 Å². The fraction of sp³-hybridized carbons (Fsp3) is 0.417. The SMILES string of the molecule is C[C@H]1[C@@H](NC(=O)Cn2c(=O)oc3cc(S(=O)(=O)NCc4ccccc4)ccc32)CCC[C@@H]1C. The van der Waals surface area contributed by atoms with Gasteiger partial charge in [0.15, 0.2) is 5.58 Å². The molecule has 3 atom stereocenters. The summed E-state index contributed by atoms with van der Waals surface area (Å²) in [4.78, 5) is 25.0. The fourth-order valence-corrected chi connectivity index (χ4v) is 5.44. The highest BCUT2D eigenvalue weighted by Crippen LogP contribution is 2.29. The number of amides is 1. The minimum atomic E-state index is -3.81. The minimum absolute atomic E-state index is 0.0127. The van der Waals surface area contributed by atoms with Gasteiger partial charge < -0.3 is 9.73 Å². The lowest BCUT2D eigenvalue weighted by molar-refractivity contribution is -0.123. The van der Waals surface area contributed by atoms with Gasteiger partial charge >= 0.3 is 5.76 Å². The Morgan fingerprint density at radius 2 is 1.88 bits per heavy atom. The summed E-state index contributed by atoms with van der Waals surface area (Å²) in [5, 5.41) is 3.05. The molecule has 3 aromatic rings. The number of carbonyl (C=O) groups is 1. The van der Waals surface area contributed by atoms with Gasteiger partial charge in [0.05, 0.1) is 10.4 Å². The van der Waals surface area contributed by atoms with E-state index in [1.54, 1.807) is 0 Å². The van der Waals surface area contributed by atoms with Gasteiger partial charge in [0.25, 0.3) is 0 Å². The van der Waals surface area contributed by atoms with E-state index in [0.29, 0.717) is 17.4 Å². The van der Waals surface area contributed by atoms with Crippen molar-refractivity contribution in [2.45, 2.75) is 57.1 Å². The van der Waals surface area contributed by atoms with Gasteiger partial charge in [0.2, 0.25) is 15.9 Å². The molecule has 0 spiro atoms. The van der Waals surface area contributed by atoms with Crippen molar-refractivity contribution in [3.05, 3.63) is 64.6 Å². The van der Waals surface area contributed by atoms with E-state index in [9.17, 15) is 18.0 Å². The van der Waals surface area contributed by atoms with Gasteiger partial charge in [-0.05, 0) is 36.0 Å². The van der Waals surface area contributed by atoms with Crippen molar-refractivity contribution in [1.82, 2.24) is 14.6 Å². The summed E-state index contributed by atoms with van der Waals surface area (Å²) >= 11 is 0. The first-order valence-electron chi connectivity index (χ1n) is 11.2. The van der Waals surface area contributed by atoms with Crippen LogP contribution in [0.3, 0.4) is 0 Å². The van der Waals surface area contributed by atoms with Crippen molar-refractivity contribution >= 4 is 27.0 Å². The van der Waals surface area contributed by atoms with Crippen molar-refractivity contribution < 1.29 is 17.6 Å². The van der Waals surface area contributed by atoms with Crippen molar-refractivity contribution in [1.29, 1.82) is 0 Å². The number of oxazole rings is 1. The number of carbonyl (C=O) groups excluding carboxylic acids is 1. The average Bonchev–Trinajstić information content (AvgIpc) is 3.10. The van der Waals surface area contributed by atoms with Crippen LogP contribution in [0.1, 0.15) is 38.7 Å². The normalized spacial score (nSPS) is 21.2. The maximum absolute atomic E-state index is 12.7. The molecule has 0 bridgehead atoms. The topological polar surface area (TPSA) is 110 Å². The lowest BCUT2D eigenvalue weighted by atomic mass is 9.78. The van der Waals surface area contributed by atoms with Crippen LogP contribution in [0.4, 0.5) is 0 Å². The molecule has 0 radical (unpaired) electrons. The van der Waals surface area contributed by atoms with E-state index in [-0.39, 0.29) is 35.5 Å². The molecule has 1 saturated carbocycles. The number of sulfonamides is 1. The predicted molar refractivity (Wildman–Crippen MR) is 125 cm³/mol. The third-order valence-electron chi connectivity index (χ3n) is 6.61. The molecule has 0 unspecified atom stereocenters. The Kier molecular flexibility index (Phi) is 6.71. The van der Waals surface area contributed by atoms with E-state index in [1.165, 1.54) is 22.8 Å². The summed E-state index contributed by atoms with van der Waals surface area (Å²) in [7, 11) is -3.81. The van der Waals surface area contributed by atoms with Crippen LogP contribution in [-0.4, -0.2) is 24.9 Å². The molecule has 4 rings (SSSR count). The third kappa shape index (κ3) is 5.20. The molecule has 1 aliphatic rings. The zero-order valence-corrected chi connectivity index (χ0v) is 19.6. The molecule has 1 amide bonds. The molecule has 0 saturated heterocycles. The zero-order valence-electron chi connectivity index (χ0n) is 18.8. The summed E-state index contributed by atoms with van der Waals surface area (Å²) in [5.74, 6) is -0.0435. The van der Waals surface area contributed by atoms with Gasteiger partial charge in [0, 0.05) is 18.7 Å². The monoisotopic (exact) mass is 471 g/mol. The molecule has 1 heterocycles. The Morgan fingerprint density at radius 3 is 2.64 bits per heavy atom. The van der Waals surface area contributed by atoms with Crippen molar-refractivity contribution in [3.63, 3.8) is 0 Å². The molecule has 2 aromatic carbocycles. The average molecular weight is 472 g/mol. The van der Waals surface area contributed by atoms with Crippen LogP contribution in [0, 0.1) is 11.8 Å². The molecular weight excluding hydrogens is 442 g/mol. The molecule has 33 heavy (non-hydrogen) atoms. The van der Waals surface area contributed by atoms with Crippen LogP contribution in [0.2, 0.25) is 0 Å². The summed E-state index contributed by atoms with van der Waals surface area (Å²) < 4.78 is 34.4. The highest BCUT2D eigenvalue weighted by atomic mass is 32.2. The van der Waals surface area contributed by atoms with Crippen LogP contribution in [0.25, 0.3) is 11.1 Å². The Hall–Kier alpha value is -2.91. The smallest absolute Gasteiger partial charge is 0.408 e. The van der Waals surface area contributed by atoms with E-state index in [2.05, 4.69) is 23.9 Å². The Labute approximate surface area is 193 Å². The number of hydrogen-bond donors (Lipinski definition) is 2. The van der Waals surface area contributed by atoms with Gasteiger partial charge in [-0.25, -0.2) is 17.9 Å². The van der Waals surface area contributed by atoms with Gasteiger partial charge in [-0.1, -0.05) is 57.0 Å². The maximum Gasteiger partial charge on any atom is 0.420 e. The van der Waals surface area contributed by atoms with Gasteiger partial charge in [0.1, 0.15) is 6.54 Å². The van der Waals surface area contributed by atoms with E-state index in [0.717, 1.165) is 24.8 Å². The predicted octanol–water partition coefficient (Wildman–Crippen LogP) is 3.01. The number of nitrogens with one attached hydrogen (secondary N) is 2. The minimum Gasteiger partial charge on any atom is -0.408 e. The number of fused-ring (bicyclic) bond motifs is 1. The van der Waals surface area contributed by atoms with Crippen LogP contribution in [0.15, 0.2) is 62.6 Å². The first-order chi connectivity index (χ1) is 15.7. The van der Waals surface area contributed by atoms with Gasteiger partial charge in [-0.3, -0.25) is 9.36 Å². The standard InChI is InChI=1S/C24H29N3O5S/c1-16-7-6-10-20(17(16)2)26-23(28)15-27-21-12-11-19(13-22(21)32-24(27)29)33(30,31)25-14-18-8-4-3-5-9-18/h3-5,8-9,11-13,16-17,20,25H,6-7,10,14-15H2,1-2H3,(H,26,28)/t16-,17+,20-/m0/s1. The lowest BCUT2D eigenvalue weighted by Crippen LogP contribution is -2.45. The molecular formula is C24H29N3O5S. The highest BCUT2D eigenvalue weighted by Gasteiger charge is 2.28. The first-order valence-corrected chi connectivity index (χ1v) is 12.7. The number of nitrogens with zero attached hydrogens (tertiary/aromatic N) is 1. The lowest BCUT2D eigenvalue weighted by Gasteiger charge is -2.34. The Bertz CT molecular complexity index is 1300. The van der Waals surface area contributed by atoms with Crippen LogP contribution >= 0.6 is 0 Å². The van der Waals surface area contributed by atoms with E-state index < -0.39 is 15.8 Å². The van der Waals surface area contributed by atoms with Crippen LogP contribution in [0.5, 0.6) is 0 Å². The number of benzene rings is 2. The summed E-state index contributed by atoms with van der Waals surface area (Å²) in [6, 6.07) is 13.5. The second-order valence-electron chi connectivity index (χ2n) is 8.84. The summed E-state index contributed by atoms with van der Waals surface area (Å²) in [5.41, 5.74) is 1.32. The number of aromatic nitrogens is 1. The largest absolute Gasteiger partial charge is 0.420 e. The van der Waals surface area contributed by atoms with Crippen molar-refractivity contribution in [2.24, 2.45) is 11.8 Å². The van der Waals surface area contributed by atoms with Crippen molar-refractivity contribution in [2.75, 3.05) is 0 Å². The number of hydrogen-bond acceptors (Lipinski definition) is 5. The van der Waals surface area contributed by atoms with Gasteiger partial charge in [-0.15, -0.1) is 0 Å². The molecule has 8 nitrogen and oxygen atoms in total. The number of rotatable bonds is 7. The highest BCUT2D eigenvalue weighted by molar-refractivity contribution is 7.89. The van der Waals surface area contributed by atoms with Crippen molar-refractivity contribution in [3.8, 4) is 0 Å². The summed E-state index contributed by atoms with van der Waals surface area (Å²) in [6.45, 7) is 4.30. The molecule has 2 N–H and O–H groups in total. The van der Waals surface area contributed by atoms with E-state index >= 15 is 0 Å². The molecule has 1 aliphatic carbocycles. The zero-order chi connectivity index (χ0) is 23.6. The Morgan fingerprint density at radius 1 is 1.12 bits per heavy atom. The third-order valence-corrected chi connectivity index (χ3v) is 8.01.